The Labute approximate surface area is 102 Å². The van der Waals surface area contributed by atoms with Crippen molar-refractivity contribution in [3.63, 3.8) is 0 Å². The number of carbonyl (C=O) groups is 3. The minimum absolute atomic E-state index is 0.0924. The van der Waals surface area contributed by atoms with Gasteiger partial charge in [0.15, 0.2) is 0 Å². The summed E-state index contributed by atoms with van der Waals surface area (Å²) in [6, 6.07) is -1.28. The van der Waals surface area contributed by atoms with Gasteiger partial charge in [0, 0.05) is 12.3 Å². The molecule has 0 saturated carbocycles. The predicted octanol–water partition coefficient (Wildman–Crippen LogP) is -1.94. The fourth-order valence-corrected chi connectivity index (χ4v) is 2.96. The van der Waals surface area contributed by atoms with Gasteiger partial charge in [0.1, 0.15) is 12.1 Å². The van der Waals surface area contributed by atoms with E-state index in [1.54, 1.807) is 0 Å². The molecule has 2 rings (SSSR count). The van der Waals surface area contributed by atoms with Crippen molar-refractivity contribution < 1.29 is 19.5 Å². The molecule has 8 heteroatoms. The van der Waals surface area contributed by atoms with Gasteiger partial charge in [-0.05, 0) is 0 Å². The van der Waals surface area contributed by atoms with E-state index < -0.39 is 18.1 Å². The van der Waals surface area contributed by atoms with Crippen molar-refractivity contribution >= 4 is 29.5 Å². The van der Waals surface area contributed by atoms with Gasteiger partial charge in [-0.1, -0.05) is 0 Å². The number of nitrogens with one attached hydrogen (secondary N) is 2. The molecule has 0 aromatic heterocycles. The number of piperazine rings is 1. The number of carboxylic acids is 1. The summed E-state index contributed by atoms with van der Waals surface area (Å²) in [6.45, 7) is 0.306. The second-order valence-corrected chi connectivity index (χ2v) is 4.90. The lowest BCUT2D eigenvalue weighted by Crippen LogP contribution is -2.60. The molecule has 0 aliphatic carbocycles. The lowest BCUT2D eigenvalue weighted by atomic mass is 10.2. The third kappa shape index (κ3) is 2.52. The number of amides is 2. The largest absolute Gasteiger partial charge is 0.480 e. The van der Waals surface area contributed by atoms with Crippen LogP contribution in [-0.4, -0.2) is 64.6 Å². The van der Waals surface area contributed by atoms with E-state index in [9.17, 15) is 14.4 Å². The van der Waals surface area contributed by atoms with E-state index in [0.29, 0.717) is 11.6 Å². The number of thioether (sulfide) groups is 1. The van der Waals surface area contributed by atoms with E-state index in [-0.39, 0.29) is 24.9 Å². The van der Waals surface area contributed by atoms with Crippen molar-refractivity contribution in [3.05, 3.63) is 0 Å². The average Bonchev–Trinajstić information content (AvgIpc) is 2.78. The molecule has 17 heavy (non-hydrogen) atoms. The number of hydrogen-bond acceptors (Lipinski definition) is 5. The van der Waals surface area contributed by atoms with E-state index in [1.807, 2.05) is 0 Å². The molecule has 2 atom stereocenters. The third-order valence-corrected chi connectivity index (χ3v) is 3.77. The molecule has 0 bridgehead atoms. The number of nitrogens with zero attached hydrogens (tertiary/aromatic N) is 1. The summed E-state index contributed by atoms with van der Waals surface area (Å²) >= 11 is 1.42. The summed E-state index contributed by atoms with van der Waals surface area (Å²) in [5.41, 5.74) is 0. The van der Waals surface area contributed by atoms with Gasteiger partial charge in [-0.15, -0.1) is 11.8 Å². The first-order valence-electron chi connectivity index (χ1n) is 5.20. The van der Waals surface area contributed by atoms with E-state index in [2.05, 4.69) is 10.6 Å². The zero-order valence-electron chi connectivity index (χ0n) is 9.01. The van der Waals surface area contributed by atoms with Crippen LogP contribution in [0, 0.1) is 0 Å². The van der Waals surface area contributed by atoms with E-state index in [4.69, 9.17) is 5.11 Å². The molecule has 2 saturated heterocycles. The summed E-state index contributed by atoms with van der Waals surface area (Å²) in [5, 5.41) is 14.4. The molecule has 2 aliphatic heterocycles. The number of rotatable bonds is 2. The Bertz CT molecular complexity index is 352. The summed E-state index contributed by atoms with van der Waals surface area (Å²) in [6.07, 6.45) is 0. The SMILES string of the molecule is O=C1CNC(C(=O)N2CSCC2C(=O)O)CN1. The van der Waals surface area contributed by atoms with Crippen molar-refractivity contribution in [1.29, 1.82) is 0 Å². The Hall–Kier alpha value is -1.28. The molecular formula is C9H13N3O4S. The smallest absolute Gasteiger partial charge is 0.327 e. The third-order valence-electron chi connectivity index (χ3n) is 2.76. The highest BCUT2D eigenvalue weighted by molar-refractivity contribution is 7.99. The quantitative estimate of drug-likeness (QED) is 0.534. The second-order valence-electron chi connectivity index (χ2n) is 3.90. The zero-order valence-corrected chi connectivity index (χ0v) is 9.83. The number of hydrogen-bond donors (Lipinski definition) is 3. The first kappa shape index (κ1) is 12.2. The van der Waals surface area contributed by atoms with Crippen LogP contribution in [0.5, 0.6) is 0 Å². The van der Waals surface area contributed by atoms with Crippen LogP contribution in [0.15, 0.2) is 0 Å². The summed E-state index contributed by atoms with van der Waals surface area (Å²) in [5.74, 6) is -0.590. The van der Waals surface area contributed by atoms with Crippen molar-refractivity contribution in [2.24, 2.45) is 0 Å². The number of carbonyl (C=O) groups excluding carboxylic acids is 2. The van der Waals surface area contributed by atoms with Crippen LogP contribution in [0.25, 0.3) is 0 Å². The highest BCUT2D eigenvalue weighted by Gasteiger charge is 2.38. The van der Waals surface area contributed by atoms with Gasteiger partial charge in [-0.3, -0.25) is 14.9 Å². The fraction of sp³-hybridized carbons (Fsp3) is 0.667. The molecule has 2 fully saturated rings. The van der Waals surface area contributed by atoms with Gasteiger partial charge >= 0.3 is 5.97 Å². The standard InChI is InChI=1S/C9H13N3O4S/c13-7-2-10-5(1-11-7)8(14)12-4-17-3-6(12)9(15)16/h5-6,10H,1-4H2,(H,11,13)(H,15,16). The molecular weight excluding hydrogens is 246 g/mol. The van der Waals surface area contributed by atoms with E-state index in [0.717, 1.165) is 0 Å². The molecule has 2 aliphatic rings. The summed E-state index contributed by atoms with van der Waals surface area (Å²) in [4.78, 5) is 35.3. The molecule has 0 aromatic carbocycles. The first-order chi connectivity index (χ1) is 8.09. The van der Waals surface area contributed by atoms with Crippen molar-refractivity contribution in [2.75, 3.05) is 24.7 Å². The normalized spacial score (nSPS) is 28.9. The lowest BCUT2D eigenvalue weighted by Gasteiger charge is -2.29. The Kier molecular flexibility index (Phi) is 3.53. The van der Waals surface area contributed by atoms with Crippen LogP contribution in [0.4, 0.5) is 0 Å². The molecule has 3 N–H and O–H groups in total. The number of aliphatic carboxylic acids is 1. The minimum atomic E-state index is -0.983. The Morgan fingerprint density at radius 3 is 2.82 bits per heavy atom. The van der Waals surface area contributed by atoms with E-state index >= 15 is 0 Å². The fourth-order valence-electron chi connectivity index (χ4n) is 1.81. The monoisotopic (exact) mass is 259 g/mol. The highest BCUT2D eigenvalue weighted by atomic mass is 32.2. The van der Waals surface area contributed by atoms with Crippen molar-refractivity contribution in [2.45, 2.75) is 12.1 Å². The highest BCUT2D eigenvalue weighted by Crippen LogP contribution is 2.21. The lowest BCUT2D eigenvalue weighted by molar-refractivity contribution is -0.149. The van der Waals surface area contributed by atoms with Crippen LogP contribution >= 0.6 is 11.8 Å². The predicted molar refractivity (Wildman–Crippen MR) is 60.4 cm³/mol. The van der Waals surface area contributed by atoms with E-state index in [1.165, 1.54) is 16.7 Å². The minimum Gasteiger partial charge on any atom is -0.480 e. The maximum atomic E-state index is 12.1. The molecule has 0 spiro atoms. The van der Waals surface area contributed by atoms with Crippen LogP contribution in [0.1, 0.15) is 0 Å². The van der Waals surface area contributed by atoms with Crippen LogP contribution < -0.4 is 10.6 Å². The van der Waals surface area contributed by atoms with Crippen molar-refractivity contribution in [1.82, 2.24) is 15.5 Å². The molecule has 7 nitrogen and oxygen atoms in total. The maximum Gasteiger partial charge on any atom is 0.327 e. The Morgan fingerprint density at radius 2 is 2.24 bits per heavy atom. The van der Waals surface area contributed by atoms with Crippen molar-refractivity contribution in [3.8, 4) is 0 Å². The van der Waals surface area contributed by atoms with Gasteiger partial charge in [0.2, 0.25) is 11.8 Å². The number of carboxylic acid groups (broad SMARTS) is 1. The Morgan fingerprint density at radius 1 is 1.47 bits per heavy atom. The summed E-state index contributed by atoms with van der Waals surface area (Å²) in [7, 11) is 0. The summed E-state index contributed by atoms with van der Waals surface area (Å²) < 4.78 is 0. The van der Waals surface area contributed by atoms with Crippen LogP contribution in [0.3, 0.4) is 0 Å². The molecule has 2 unspecified atom stereocenters. The second kappa shape index (κ2) is 4.92. The van der Waals surface area contributed by atoms with Gasteiger partial charge < -0.3 is 15.3 Å². The van der Waals surface area contributed by atoms with Crippen LogP contribution in [0.2, 0.25) is 0 Å². The van der Waals surface area contributed by atoms with Gasteiger partial charge in [-0.25, -0.2) is 4.79 Å². The molecule has 94 valence electrons. The molecule has 2 heterocycles. The average molecular weight is 259 g/mol. The maximum absolute atomic E-state index is 12.1. The first-order valence-corrected chi connectivity index (χ1v) is 6.36. The van der Waals surface area contributed by atoms with Gasteiger partial charge in [-0.2, -0.15) is 0 Å². The topological polar surface area (TPSA) is 98.7 Å². The molecule has 0 radical (unpaired) electrons. The van der Waals surface area contributed by atoms with Crippen LogP contribution in [-0.2, 0) is 14.4 Å². The Balaban J connectivity index is 1.99. The molecule has 0 aromatic rings. The molecule has 2 amide bonds. The van der Waals surface area contributed by atoms with Gasteiger partial charge in [0.05, 0.1) is 12.4 Å². The zero-order chi connectivity index (χ0) is 12.4. The van der Waals surface area contributed by atoms with Gasteiger partial charge in [0.25, 0.3) is 0 Å².